The molecular weight excluding hydrogens is 286 g/mol. The van der Waals surface area contributed by atoms with Crippen LogP contribution in [0.1, 0.15) is 65.9 Å². The smallest absolute Gasteiger partial charge is 0.338 e. The van der Waals surface area contributed by atoms with Gasteiger partial charge in [-0.2, -0.15) is 0 Å². The van der Waals surface area contributed by atoms with Crippen LogP contribution in [-0.2, 0) is 4.74 Å². The molecule has 1 atom stereocenters. The molecule has 1 saturated heterocycles. The number of aromatic carboxylic acids is 1. The predicted molar refractivity (Wildman–Crippen MR) is 77.9 cm³/mol. The fourth-order valence-corrected chi connectivity index (χ4v) is 3.52. The highest BCUT2D eigenvalue weighted by Gasteiger charge is 2.39. The normalized spacial score (nSPS) is 24.1. The van der Waals surface area contributed by atoms with Crippen LogP contribution in [0.4, 0.5) is 0 Å². The van der Waals surface area contributed by atoms with E-state index in [1.54, 1.807) is 0 Å². The molecule has 120 valence electrons. The molecule has 0 bridgehead atoms. The predicted octanol–water partition coefficient (Wildman–Crippen LogP) is 2.59. The average molecular weight is 307 g/mol. The second kappa shape index (κ2) is 6.12. The van der Waals surface area contributed by atoms with E-state index in [2.05, 4.69) is 5.32 Å². The summed E-state index contributed by atoms with van der Waals surface area (Å²) in [6.07, 6.45) is 8.43. The van der Waals surface area contributed by atoms with Gasteiger partial charge < -0.3 is 19.6 Å². The fraction of sp³-hybridized carbons (Fsp3) is 0.625. The Morgan fingerprint density at radius 2 is 2.05 bits per heavy atom. The fourth-order valence-electron chi connectivity index (χ4n) is 3.52. The molecule has 1 spiro atoms. The standard InChI is InChI=1S/C16H21NO5/c18-14(13-8-11(10-21-13)15(19)20)17-12-4-7-22-16(9-12)5-2-1-3-6-16/h8,10,12H,1-7,9H2,(H,17,18)(H,19,20). The van der Waals surface area contributed by atoms with Gasteiger partial charge in [0.05, 0.1) is 11.2 Å². The van der Waals surface area contributed by atoms with Gasteiger partial charge in [-0.05, 0) is 25.7 Å². The molecule has 2 heterocycles. The number of hydrogen-bond acceptors (Lipinski definition) is 4. The molecule has 2 aliphatic rings. The van der Waals surface area contributed by atoms with Gasteiger partial charge in [0.15, 0.2) is 5.76 Å². The lowest BCUT2D eigenvalue weighted by molar-refractivity contribution is -0.108. The zero-order valence-electron chi connectivity index (χ0n) is 12.5. The number of nitrogens with one attached hydrogen (secondary N) is 1. The van der Waals surface area contributed by atoms with Crippen LogP contribution in [-0.4, -0.2) is 35.2 Å². The minimum absolute atomic E-state index is 0.0131. The SMILES string of the molecule is O=C(O)c1coc(C(=O)NC2CCOC3(CCCCC3)C2)c1. The first kappa shape index (κ1) is 15.1. The number of furan rings is 1. The molecule has 1 aromatic rings. The molecule has 0 aromatic carbocycles. The van der Waals surface area contributed by atoms with E-state index >= 15 is 0 Å². The van der Waals surface area contributed by atoms with Crippen LogP contribution in [0.2, 0.25) is 0 Å². The maximum Gasteiger partial charge on any atom is 0.338 e. The molecule has 2 N–H and O–H groups in total. The van der Waals surface area contributed by atoms with Crippen molar-refractivity contribution in [2.45, 2.75) is 56.6 Å². The van der Waals surface area contributed by atoms with E-state index in [9.17, 15) is 9.59 Å². The van der Waals surface area contributed by atoms with Gasteiger partial charge >= 0.3 is 5.97 Å². The Morgan fingerprint density at radius 1 is 1.27 bits per heavy atom. The van der Waals surface area contributed by atoms with Crippen LogP contribution in [0, 0.1) is 0 Å². The van der Waals surface area contributed by atoms with Crippen molar-refractivity contribution < 1.29 is 23.8 Å². The second-order valence-electron chi connectivity index (χ2n) is 6.26. The summed E-state index contributed by atoms with van der Waals surface area (Å²) >= 11 is 0. The van der Waals surface area contributed by atoms with E-state index < -0.39 is 5.97 Å². The van der Waals surface area contributed by atoms with Gasteiger partial charge in [-0.1, -0.05) is 19.3 Å². The topological polar surface area (TPSA) is 88.8 Å². The Labute approximate surface area is 128 Å². The quantitative estimate of drug-likeness (QED) is 0.896. The first-order chi connectivity index (χ1) is 10.6. The summed E-state index contributed by atoms with van der Waals surface area (Å²) in [6, 6.07) is 1.31. The highest BCUT2D eigenvalue weighted by atomic mass is 16.5. The van der Waals surface area contributed by atoms with Gasteiger partial charge in [0.1, 0.15) is 6.26 Å². The zero-order valence-corrected chi connectivity index (χ0v) is 12.5. The zero-order chi connectivity index (χ0) is 15.6. The second-order valence-corrected chi connectivity index (χ2v) is 6.26. The minimum atomic E-state index is -1.10. The largest absolute Gasteiger partial charge is 0.478 e. The summed E-state index contributed by atoms with van der Waals surface area (Å²) in [6.45, 7) is 0.656. The Bertz CT molecular complexity index is 553. The Morgan fingerprint density at radius 3 is 2.73 bits per heavy atom. The lowest BCUT2D eigenvalue weighted by atomic mass is 9.78. The molecule has 2 fully saturated rings. The maximum absolute atomic E-state index is 12.2. The van der Waals surface area contributed by atoms with E-state index in [1.807, 2.05) is 0 Å². The van der Waals surface area contributed by atoms with E-state index in [4.69, 9.17) is 14.3 Å². The van der Waals surface area contributed by atoms with Crippen LogP contribution >= 0.6 is 0 Å². The number of carboxylic acid groups (broad SMARTS) is 1. The molecule has 3 rings (SSSR count). The molecule has 0 radical (unpaired) electrons. The lowest BCUT2D eigenvalue weighted by Crippen LogP contribution is -2.49. The molecule has 6 heteroatoms. The van der Waals surface area contributed by atoms with E-state index in [0.717, 1.165) is 31.9 Å². The molecule has 1 amide bonds. The number of amides is 1. The first-order valence-electron chi connectivity index (χ1n) is 7.85. The monoisotopic (exact) mass is 307 g/mol. The maximum atomic E-state index is 12.2. The van der Waals surface area contributed by atoms with Crippen LogP contribution in [0.5, 0.6) is 0 Å². The molecule has 1 aliphatic heterocycles. The van der Waals surface area contributed by atoms with Crippen LogP contribution in [0.25, 0.3) is 0 Å². The summed E-state index contributed by atoms with van der Waals surface area (Å²) in [5, 5.41) is 11.8. The van der Waals surface area contributed by atoms with Crippen molar-refractivity contribution in [2.24, 2.45) is 0 Å². The lowest BCUT2D eigenvalue weighted by Gasteiger charge is -2.43. The Balaban J connectivity index is 1.61. The van der Waals surface area contributed by atoms with E-state index in [-0.39, 0.29) is 28.9 Å². The third-order valence-corrected chi connectivity index (χ3v) is 4.66. The molecular formula is C16H21NO5. The van der Waals surface area contributed by atoms with Gasteiger partial charge in [-0.25, -0.2) is 4.79 Å². The minimum Gasteiger partial charge on any atom is -0.478 e. The van der Waals surface area contributed by atoms with Gasteiger partial charge in [0, 0.05) is 18.7 Å². The third-order valence-electron chi connectivity index (χ3n) is 4.66. The van der Waals surface area contributed by atoms with Crippen molar-refractivity contribution in [3.8, 4) is 0 Å². The van der Waals surface area contributed by atoms with Crippen molar-refractivity contribution in [1.82, 2.24) is 5.32 Å². The molecule has 1 saturated carbocycles. The first-order valence-corrected chi connectivity index (χ1v) is 7.85. The molecule has 1 unspecified atom stereocenters. The van der Waals surface area contributed by atoms with Gasteiger partial charge in [-0.3, -0.25) is 4.79 Å². The highest BCUT2D eigenvalue weighted by molar-refractivity contribution is 5.95. The van der Waals surface area contributed by atoms with E-state index in [0.29, 0.717) is 6.61 Å². The number of rotatable bonds is 3. The molecule has 1 aromatic heterocycles. The van der Waals surface area contributed by atoms with Gasteiger partial charge in [0.2, 0.25) is 0 Å². The van der Waals surface area contributed by atoms with Crippen molar-refractivity contribution in [3.63, 3.8) is 0 Å². The summed E-state index contributed by atoms with van der Waals surface area (Å²) in [5.41, 5.74) is -0.0926. The van der Waals surface area contributed by atoms with Crippen LogP contribution < -0.4 is 5.32 Å². The van der Waals surface area contributed by atoms with Crippen LogP contribution in [0.3, 0.4) is 0 Å². The van der Waals surface area contributed by atoms with Gasteiger partial charge in [-0.15, -0.1) is 0 Å². The third kappa shape index (κ3) is 3.16. The van der Waals surface area contributed by atoms with Crippen molar-refractivity contribution in [2.75, 3.05) is 6.61 Å². The van der Waals surface area contributed by atoms with Gasteiger partial charge in [0.25, 0.3) is 5.91 Å². The van der Waals surface area contributed by atoms with Crippen molar-refractivity contribution in [1.29, 1.82) is 0 Å². The highest BCUT2D eigenvalue weighted by Crippen LogP contribution is 2.38. The summed E-state index contributed by atoms with van der Waals surface area (Å²) < 4.78 is 11.0. The molecule has 1 aliphatic carbocycles. The number of carbonyl (C=O) groups is 2. The summed E-state index contributed by atoms with van der Waals surface area (Å²) in [7, 11) is 0. The summed E-state index contributed by atoms with van der Waals surface area (Å²) in [4.78, 5) is 23.0. The van der Waals surface area contributed by atoms with Crippen LogP contribution in [0.15, 0.2) is 16.7 Å². The van der Waals surface area contributed by atoms with Crippen molar-refractivity contribution in [3.05, 3.63) is 23.7 Å². The summed E-state index contributed by atoms with van der Waals surface area (Å²) in [5.74, 6) is -1.41. The Hall–Kier alpha value is -1.82. The molecule has 6 nitrogen and oxygen atoms in total. The number of carbonyl (C=O) groups excluding carboxylic acids is 1. The number of hydrogen-bond donors (Lipinski definition) is 2. The number of ether oxygens (including phenoxy) is 1. The van der Waals surface area contributed by atoms with Crippen molar-refractivity contribution >= 4 is 11.9 Å². The Kier molecular flexibility index (Phi) is 4.20. The molecule has 22 heavy (non-hydrogen) atoms. The number of carboxylic acids is 1. The average Bonchev–Trinajstić information content (AvgIpc) is 2.98. The van der Waals surface area contributed by atoms with E-state index in [1.165, 1.54) is 25.3 Å².